The molecule has 6 nitrogen and oxygen atoms in total. The van der Waals surface area contributed by atoms with Crippen molar-refractivity contribution < 1.29 is 9.47 Å². The minimum Gasteiger partial charge on any atom is -0.381 e. The smallest absolute Gasteiger partial charge is 0.191 e. The maximum atomic E-state index is 5.78. The summed E-state index contributed by atoms with van der Waals surface area (Å²) in [4.78, 5) is 10.1. The fourth-order valence-electron chi connectivity index (χ4n) is 2.51. The largest absolute Gasteiger partial charge is 0.381 e. The molecule has 1 aromatic rings. The van der Waals surface area contributed by atoms with Crippen LogP contribution >= 0.6 is 35.3 Å². The van der Waals surface area contributed by atoms with Crippen LogP contribution in [0, 0.1) is 12.8 Å². The van der Waals surface area contributed by atoms with E-state index >= 15 is 0 Å². The van der Waals surface area contributed by atoms with Crippen LogP contribution in [0.5, 0.6) is 0 Å². The molecule has 2 heterocycles. The first-order valence-electron chi connectivity index (χ1n) is 8.87. The summed E-state index contributed by atoms with van der Waals surface area (Å²) in [6.45, 7) is 9.88. The van der Waals surface area contributed by atoms with Crippen molar-refractivity contribution in [2.75, 3.05) is 39.5 Å². The van der Waals surface area contributed by atoms with Gasteiger partial charge in [-0.1, -0.05) is 0 Å². The second-order valence-electron chi connectivity index (χ2n) is 5.97. The molecule has 144 valence electrons. The van der Waals surface area contributed by atoms with Crippen molar-refractivity contribution in [3.63, 3.8) is 0 Å². The Morgan fingerprint density at radius 3 is 2.88 bits per heavy atom. The van der Waals surface area contributed by atoms with E-state index < -0.39 is 0 Å². The van der Waals surface area contributed by atoms with Crippen molar-refractivity contribution in [1.29, 1.82) is 0 Å². The summed E-state index contributed by atoms with van der Waals surface area (Å²) in [6.07, 6.45) is 5.13. The van der Waals surface area contributed by atoms with E-state index in [4.69, 9.17) is 9.47 Å². The molecule has 0 bridgehead atoms. The van der Waals surface area contributed by atoms with Gasteiger partial charge in [-0.15, -0.1) is 35.3 Å². The molecule has 1 saturated heterocycles. The number of ether oxygens (including phenoxy) is 2. The normalized spacial score (nSPS) is 15.7. The maximum Gasteiger partial charge on any atom is 0.191 e. The van der Waals surface area contributed by atoms with E-state index in [0.29, 0.717) is 12.5 Å². The number of thiazole rings is 1. The maximum absolute atomic E-state index is 5.78. The predicted octanol–water partition coefficient (Wildman–Crippen LogP) is 2.96. The van der Waals surface area contributed by atoms with Crippen LogP contribution in [0.2, 0.25) is 0 Å². The van der Waals surface area contributed by atoms with Crippen molar-refractivity contribution in [2.24, 2.45) is 10.9 Å². The number of nitrogens with one attached hydrogen (secondary N) is 2. The Bertz CT molecular complexity index is 493. The lowest BCUT2D eigenvalue weighted by atomic mass is 10.0. The standard InChI is InChI=1S/C17H30N4O2S.HI/c1-3-18-17(21-12-16-20-11-14(2)24-16)19-7-4-8-23-13-15-5-9-22-10-6-15;/h11,15H,3-10,12-13H2,1-2H3,(H2,18,19,21);1H. The van der Waals surface area contributed by atoms with E-state index in [-0.39, 0.29) is 24.0 Å². The van der Waals surface area contributed by atoms with Gasteiger partial charge in [0.05, 0.1) is 6.54 Å². The fraction of sp³-hybridized carbons (Fsp3) is 0.765. The average Bonchev–Trinajstić information content (AvgIpc) is 3.02. The zero-order valence-corrected chi connectivity index (χ0v) is 18.4. The molecule has 1 aliphatic heterocycles. The molecule has 1 aliphatic rings. The SMILES string of the molecule is CCNC(=NCc1ncc(C)s1)NCCCOCC1CCOCC1.I. The monoisotopic (exact) mass is 482 g/mol. The van der Waals surface area contributed by atoms with Crippen LogP contribution in [0.15, 0.2) is 11.2 Å². The predicted molar refractivity (Wildman–Crippen MR) is 114 cm³/mol. The van der Waals surface area contributed by atoms with Gasteiger partial charge in [-0.25, -0.2) is 9.98 Å². The van der Waals surface area contributed by atoms with E-state index in [1.165, 1.54) is 4.88 Å². The van der Waals surface area contributed by atoms with Crippen molar-refractivity contribution in [3.05, 3.63) is 16.1 Å². The van der Waals surface area contributed by atoms with E-state index in [2.05, 4.69) is 34.5 Å². The third kappa shape index (κ3) is 9.72. The molecule has 0 radical (unpaired) electrons. The quantitative estimate of drug-likeness (QED) is 0.245. The third-order valence-corrected chi connectivity index (χ3v) is 4.74. The molecule has 25 heavy (non-hydrogen) atoms. The highest BCUT2D eigenvalue weighted by Crippen LogP contribution is 2.14. The first-order valence-corrected chi connectivity index (χ1v) is 9.68. The number of hydrogen-bond donors (Lipinski definition) is 2. The number of hydrogen-bond acceptors (Lipinski definition) is 5. The molecule has 2 N–H and O–H groups in total. The van der Waals surface area contributed by atoms with Crippen molar-refractivity contribution >= 4 is 41.3 Å². The van der Waals surface area contributed by atoms with Gasteiger partial charge < -0.3 is 20.1 Å². The molecule has 0 aliphatic carbocycles. The number of aliphatic imine (C=N–C) groups is 1. The lowest BCUT2D eigenvalue weighted by Gasteiger charge is -2.21. The molecule has 0 unspecified atom stereocenters. The fourth-order valence-corrected chi connectivity index (χ4v) is 3.22. The highest BCUT2D eigenvalue weighted by Gasteiger charge is 2.13. The minimum atomic E-state index is 0. The molecule has 1 aromatic heterocycles. The van der Waals surface area contributed by atoms with Crippen LogP contribution in [-0.4, -0.2) is 50.5 Å². The van der Waals surface area contributed by atoms with Gasteiger partial charge in [0.2, 0.25) is 0 Å². The zero-order valence-electron chi connectivity index (χ0n) is 15.3. The molecule has 0 aromatic carbocycles. The summed E-state index contributed by atoms with van der Waals surface area (Å²) in [7, 11) is 0. The molecule has 0 atom stereocenters. The van der Waals surface area contributed by atoms with Gasteiger partial charge in [0.1, 0.15) is 5.01 Å². The van der Waals surface area contributed by atoms with Crippen LogP contribution in [0.1, 0.15) is 36.1 Å². The summed E-state index contributed by atoms with van der Waals surface area (Å²) >= 11 is 1.69. The summed E-state index contributed by atoms with van der Waals surface area (Å²) in [6, 6.07) is 0. The number of aromatic nitrogens is 1. The minimum absolute atomic E-state index is 0. The second-order valence-corrected chi connectivity index (χ2v) is 7.29. The van der Waals surface area contributed by atoms with Crippen LogP contribution < -0.4 is 10.6 Å². The summed E-state index contributed by atoms with van der Waals surface area (Å²) in [5.74, 6) is 1.52. The van der Waals surface area contributed by atoms with Gasteiger partial charge in [-0.2, -0.15) is 0 Å². The van der Waals surface area contributed by atoms with Crippen molar-refractivity contribution in [1.82, 2.24) is 15.6 Å². The van der Waals surface area contributed by atoms with Gasteiger partial charge in [-0.3, -0.25) is 0 Å². The molecular formula is C17H31IN4O2S. The molecule has 0 saturated carbocycles. The Balaban J connectivity index is 0.00000312. The first kappa shape index (κ1) is 22.6. The van der Waals surface area contributed by atoms with Crippen LogP contribution in [0.3, 0.4) is 0 Å². The molecule has 0 spiro atoms. The summed E-state index contributed by atoms with van der Waals surface area (Å²) in [5.41, 5.74) is 0. The Morgan fingerprint density at radius 1 is 1.40 bits per heavy atom. The van der Waals surface area contributed by atoms with E-state index in [0.717, 1.165) is 69.7 Å². The topological polar surface area (TPSA) is 67.8 Å². The highest BCUT2D eigenvalue weighted by molar-refractivity contribution is 14.0. The van der Waals surface area contributed by atoms with E-state index in [1.54, 1.807) is 11.3 Å². The molecular weight excluding hydrogens is 451 g/mol. The number of nitrogens with zero attached hydrogens (tertiary/aromatic N) is 2. The lowest BCUT2D eigenvalue weighted by molar-refractivity contribution is 0.0203. The summed E-state index contributed by atoms with van der Waals surface area (Å²) < 4.78 is 11.1. The van der Waals surface area contributed by atoms with Crippen LogP contribution in [0.25, 0.3) is 0 Å². The van der Waals surface area contributed by atoms with Gasteiger partial charge >= 0.3 is 0 Å². The molecule has 2 rings (SSSR count). The van der Waals surface area contributed by atoms with Gasteiger partial charge in [0, 0.05) is 50.6 Å². The van der Waals surface area contributed by atoms with Gasteiger partial charge in [0.15, 0.2) is 5.96 Å². The number of guanidine groups is 1. The van der Waals surface area contributed by atoms with Crippen LogP contribution in [-0.2, 0) is 16.0 Å². The van der Waals surface area contributed by atoms with Crippen molar-refractivity contribution in [2.45, 2.75) is 39.7 Å². The molecule has 1 fully saturated rings. The molecule has 8 heteroatoms. The second kappa shape index (κ2) is 13.7. The van der Waals surface area contributed by atoms with E-state index in [1.807, 2.05) is 6.20 Å². The van der Waals surface area contributed by atoms with Gasteiger partial charge in [-0.05, 0) is 39.0 Å². The molecule has 0 amide bonds. The number of aryl methyl sites for hydroxylation is 1. The third-order valence-electron chi connectivity index (χ3n) is 3.84. The van der Waals surface area contributed by atoms with Crippen molar-refractivity contribution in [3.8, 4) is 0 Å². The van der Waals surface area contributed by atoms with Gasteiger partial charge in [0.25, 0.3) is 0 Å². The Labute approximate surface area is 172 Å². The zero-order chi connectivity index (χ0) is 17.0. The Hall–Kier alpha value is -0.450. The summed E-state index contributed by atoms with van der Waals surface area (Å²) in [5, 5.41) is 7.66. The van der Waals surface area contributed by atoms with E-state index in [9.17, 15) is 0 Å². The number of rotatable bonds is 9. The first-order chi connectivity index (χ1) is 11.8. The Kier molecular flexibility index (Phi) is 12.4. The Morgan fingerprint density at radius 2 is 2.20 bits per heavy atom. The highest BCUT2D eigenvalue weighted by atomic mass is 127. The lowest BCUT2D eigenvalue weighted by Crippen LogP contribution is -2.38. The number of halogens is 1. The average molecular weight is 482 g/mol. The van der Waals surface area contributed by atoms with Crippen LogP contribution in [0.4, 0.5) is 0 Å².